The maximum Gasteiger partial charge on any atom is 0.342 e. The number of carboxylic acid groups (broad SMARTS) is 1. The number of ether oxygens (including phenoxy) is 2. The van der Waals surface area contributed by atoms with Crippen LogP contribution in [-0.4, -0.2) is 40.0 Å². The summed E-state index contributed by atoms with van der Waals surface area (Å²) < 4.78 is 11.4. The SMILES string of the molecule is CCCCOc1ccc2ccccc2c1/C=C(\Sc1n[nH]c(-c2cc(Cl)ccc2OC)n1)C(=O)O. The van der Waals surface area contributed by atoms with Gasteiger partial charge < -0.3 is 14.6 Å². The Bertz CT molecular complexity index is 1390. The van der Waals surface area contributed by atoms with Crippen LogP contribution in [0, 0.1) is 0 Å². The van der Waals surface area contributed by atoms with Gasteiger partial charge in [0.25, 0.3) is 0 Å². The van der Waals surface area contributed by atoms with Crippen LogP contribution >= 0.6 is 23.4 Å². The molecule has 4 aromatic rings. The molecule has 0 bridgehead atoms. The second-order valence-corrected chi connectivity index (χ2v) is 9.07. The molecular weight excluding hydrogens is 486 g/mol. The molecule has 0 radical (unpaired) electrons. The molecule has 0 saturated carbocycles. The quantitative estimate of drug-likeness (QED) is 0.140. The number of nitrogens with zero attached hydrogens (tertiary/aromatic N) is 2. The number of hydrogen-bond acceptors (Lipinski definition) is 6. The van der Waals surface area contributed by atoms with Crippen LogP contribution in [-0.2, 0) is 4.79 Å². The Morgan fingerprint density at radius 2 is 1.97 bits per heavy atom. The number of rotatable bonds is 10. The Hall–Kier alpha value is -3.49. The smallest absolute Gasteiger partial charge is 0.342 e. The highest BCUT2D eigenvalue weighted by atomic mass is 35.5. The minimum atomic E-state index is -1.09. The van der Waals surface area contributed by atoms with Gasteiger partial charge in [0.1, 0.15) is 16.4 Å². The van der Waals surface area contributed by atoms with Crippen LogP contribution in [0.4, 0.5) is 0 Å². The topological polar surface area (TPSA) is 97.3 Å². The van der Waals surface area contributed by atoms with Gasteiger partial charge in [-0.25, -0.2) is 9.78 Å². The summed E-state index contributed by atoms with van der Waals surface area (Å²) in [7, 11) is 1.55. The number of unbranched alkanes of at least 4 members (excludes halogenated alkanes) is 1. The summed E-state index contributed by atoms with van der Waals surface area (Å²) in [6.07, 6.45) is 3.52. The first-order valence-electron chi connectivity index (χ1n) is 11.0. The normalized spacial score (nSPS) is 11.6. The van der Waals surface area contributed by atoms with E-state index in [1.54, 1.807) is 31.4 Å². The van der Waals surface area contributed by atoms with E-state index in [9.17, 15) is 9.90 Å². The van der Waals surface area contributed by atoms with E-state index >= 15 is 0 Å². The summed E-state index contributed by atoms with van der Waals surface area (Å²) in [6, 6.07) is 16.8. The molecule has 3 aromatic carbocycles. The van der Waals surface area contributed by atoms with Crippen LogP contribution < -0.4 is 9.47 Å². The van der Waals surface area contributed by atoms with Gasteiger partial charge in [0.15, 0.2) is 5.82 Å². The van der Waals surface area contributed by atoms with Gasteiger partial charge in [0, 0.05) is 10.6 Å². The monoisotopic (exact) mass is 509 g/mol. The summed E-state index contributed by atoms with van der Waals surface area (Å²) in [6.45, 7) is 2.64. The Morgan fingerprint density at radius 3 is 2.74 bits per heavy atom. The number of carboxylic acids is 1. The zero-order valence-electron chi connectivity index (χ0n) is 19.2. The molecule has 0 aliphatic heterocycles. The summed E-state index contributed by atoms with van der Waals surface area (Å²) in [5.74, 6) is 0.538. The average molecular weight is 510 g/mol. The Labute approximate surface area is 212 Å². The van der Waals surface area contributed by atoms with Crippen molar-refractivity contribution in [2.45, 2.75) is 24.9 Å². The van der Waals surface area contributed by atoms with Gasteiger partial charge in [-0.05, 0) is 59.3 Å². The molecule has 0 aliphatic carbocycles. The predicted octanol–water partition coefficient (Wildman–Crippen LogP) is 6.68. The maximum atomic E-state index is 12.2. The fourth-order valence-electron chi connectivity index (χ4n) is 3.52. The number of aromatic amines is 1. The number of halogens is 1. The molecule has 180 valence electrons. The molecule has 0 fully saturated rings. The minimum Gasteiger partial charge on any atom is -0.496 e. The molecule has 0 saturated heterocycles. The number of carbonyl (C=O) groups is 1. The number of aliphatic carboxylic acids is 1. The number of thioether (sulfide) groups is 1. The maximum absolute atomic E-state index is 12.2. The van der Waals surface area contributed by atoms with Crippen molar-refractivity contribution in [3.8, 4) is 22.9 Å². The number of methoxy groups -OCH3 is 1. The van der Waals surface area contributed by atoms with Crippen LogP contribution in [0.2, 0.25) is 5.02 Å². The highest BCUT2D eigenvalue weighted by molar-refractivity contribution is 8.04. The lowest BCUT2D eigenvalue weighted by molar-refractivity contribution is -0.131. The van der Waals surface area contributed by atoms with Crippen molar-refractivity contribution in [1.29, 1.82) is 0 Å². The molecule has 35 heavy (non-hydrogen) atoms. The lowest BCUT2D eigenvalue weighted by atomic mass is 10.0. The van der Waals surface area contributed by atoms with Gasteiger partial charge >= 0.3 is 5.97 Å². The van der Waals surface area contributed by atoms with E-state index in [0.717, 1.165) is 35.4 Å². The standard InChI is InChI=1S/C26H24ClN3O4S/c1-3-4-13-34-22-11-9-16-7-5-6-8-18(16)19(22)15-23(25(31)32)35-26-28-24(29-30-26)20-14-17(27)10-12-21(20)33-2/h5-12,14-15H,3-4,13H2,1-2H3,(H,31,32)(H,28,29,30)/b23-15-. The van der Waals surface area contributed by atoms with Gasteiger partial charge in [0.2, 0.25) is 5.16 Å². The zero-order valence-corrected chi connectivity index (χ0v) is 20.8. The molecule has 2 N–H and O–H groups in total. The largest absolute Gasteiger partial charge is 0.496 e. The first-order chi connectivity index (χ1) is 17.0. The number of aromatic nitrogens is 3. The third-order valence-electron chi connectivity index (χ3n) is 5.26. The molecule has 1 aromatic heterocycles. The van der Waals surface area contributed by atoms with E-state index in [1.165, 1.54) is 0 Å². The fraction of sp³-hybridized carbons (Fsp3) is 0.192. The van der Waals surface area contributed by atoms with Crippen molar-refractivity contribution in [3.63, 3.8) is 0 Å². The number of hydrogen-bond donors (Lipinski definition) is 2. The summed E-state index contributed by atoms with van der Waals surface area (Å²) >= 11 is 7.08. The fourth-order valence-corrected chi connectivity index (χ4v) is 4.38. The van der Waals surface area contributed by atoms with Crippen molar-refractivity contribution in [2.24, 2.45) is 0 Å². The van der Waals surface area contributed by atoms with Crippen molar-refractivity contribution >= 4 is 46.2 Å². The van der Waals surface area contributed by atoms with Crippen molar-refractivity contribution in [1.82, 2.24) is 15.2 Å². The summed E-state index contributed by atoms with van der Waals surface area (Å²) in [5.41, 5.74) is 1.33. The molecular formula is C26H24ClN3O4S. The van der Waals surface area contributed by atoms with Crippen LogP contribution in [0.3, 0.4) is 0 Å². The van der Waals surface area contributed by atoms with E-state index in [0.29, 0.717) is 40.1 Å². The molecule has 0 atom stereocenters. The second kappa shape index (κ2) is 11.3. The number of nitrogens with one attached hydrogen (secondary N) is 1. The Morgan fingerprint density at radius 1 is 1.17 bits per heavy atom. The van der Waals surface area contributed by atoms with E-state index in [4.69, 9.17) is 21.1 Å². The zero-order chi connectivity index (χ0) is 24.8. The van der Waals surface area contributed by atoms with Gasteiger partial charge in [-0.15, -0.1) is 5.10 Å². The molecule has 0 aliphatic rings. The van der Waals surface area contributed by atoms with Crippen LogP contribution in [0.15, 0.2) is 64.7 Å². The lowest BCUT2D eigenvalue weighted by Crippen LogP contribution is -2.01. The van der Waals surface area contributed by atoms with Gasteiger partial charge in [0.05, 0.1) is 19.3 Å². The van der Waals surface area contributed by atoms with Crippen LogP contribution in [0.5, 0.6) is 11.5 Å². The summed E-state index contributed by atoms with van der Waals surface area (Å²) in [5, 5.41) is 19.7. The highest BCUT2D eigenvalue weighted by Gasteiger charge is 2.18. The molecule has 0 unspecified atom stereocenters. The first kappa shape index (κ1) is 24.6. The van der Waals surface area contributed by atoms with Crippen LogP contribution in [0.25, 0.3) is 28.2 Å². The van der Waals surface area contributed by atoms with Crippen molar-refractivity contribution < 1.29 is 19.4 Å². The van der Waals surface area contributed by atoms with E-state index in [2.05, 4.69) is 22.1 Å². The van der Waals surface area contributed by atoms with E-state index < -0.39 is 5.97 Å². The molecule has 1 heterocycles. The van der Waals surface area contributed by atoms with Gasteiger partial charge in [-0.1, -0.05) is 55.3 Å². The minimum absolute atomic E-state index is 0.0605. The van der Waals surface area contributed by atoms with Crippen molar-refractivity contribution in [3.05, 3.63) is 70.1 Å². The number of benzene rings is 3. The van der Waals surface area contributed by atoms with Crippen molar-refractivity contribution in [2.75, 3.05) is 13.7 Å². The second-order valence-electron chi connectivity index (χ2n) is 7.63. The average Bonchev–Trinajstić information content (AvgIpc) is 3.33. The molecule has 0 spiro atoms. The molecule has 4 rings (SSSR count). The third-order valence-corrected chi connectivity index (χ3v) is 6.37. The third kappa shape index (κ3) is 5.78. The molecule has 9 heteroatoms. The molecule has 0 amide bonds. The highest BCUT2D eigenvalue weighted by Crippen LogP contribution is 2.35. The van der Waals surface area contributed by atoms with E-state index in [-0.39, 0.29) is 10.1 Å². The Kier molecular flexibility index (Phi) is 7.94. The van der Waals surface area contributed by atoms with E-state index in [1.807, 2.05) is 36.4 Å². The Balaban J connectivity index is 1.71. The lowest BCUT2D eigenvalue weighted by Gasteiger charge is -2.12. The first-order valence-corrected chi connectivity index (χ1v) is 12.2. The molecule has 7 nitrogen and oxygen atoms in total. The number of fused-ring (bicyclic) bond motifs is 1. The van der Waals surface area contributed by atoms with Gasteiger partial charge in [-0.3, -0.25) is 5.10 Å². The van der Waals surface area contributed by atoms with Crippen LogP contribution in [0.1, 0.15) is 25.3 Å². The summed E-state index contributed by atoms with van der Waals surface area (Å²) in [4.78, 5) is 16.7. The number of H-pyrrole nitrogens is 1. The van der Waals surface area contributed by atoms with Gasteiger partial charge in [-0.2, -0.15) is 0 Å². The predicted molar refractivity (Wildman–Crippen MR) is 139 cm³/mol.